The number of hydrogen-bond acceptors (Lipinski definition) is 4. The van der Waals surface area contributed by atoms with Gasteiger partial charge in [0.15, 0.2) is 0 Å². The van der Waals surface area contributed by atoms with E-state index in [4.69, 9.17) is 0 Å². The van der Waals surface area contributed by atoms with E-state index in [0.29, 0.717) is 0 Å². The highest BCUT2D eigenvalue weighted by Crippen LogP contribution is 2.19. The molecule has 1 unspecified atom stereocenters. The first-order valence-corrected chi connectivity index (χ1v) is 7.97. The summed E-state index contributed by atoms with van der Waals surface area (Å²) in [6.45, 7) is 11.4. The Balaban J connectivity index is 2.05. The maximum absolute atomic E-state index is 12.3. The zero-order valence-electron chi connectivity index (χ0n) is 14.4. The highest BCUT2D eigenvalue weighted by Gasteiger charge is 2.18. The first kappa shape index (κ1) is 17.0. The number of rotatable bonds is 6. The third-order valence-corrected chi connectivity index (χ3v) is 3.74. The van der Waals surface area contributed by atoms with Gasteiger partial charge in [-0.2, -0.15) is 10.2 Å². The molecule has 126 valence electrons. The molecule has 8 nitrogen and oxygen atoms in total. The zero-order valence-corrected chi connectivity index (χ0v) is 14.4. The number of hydrogen-bond donors (Lipinski definition) is 2. The number of anilines is 1. The lowest BCUT2D eigenvalue weighted by Gasteiger charge is -2.15. The van der Waals surface area contributed by atoms with Crippen LogP contribution in [0.5, 0.6) is 0 Å². The Labute approximate surface area is 136 Å². The van der Waals surface area contributed by atoms with Gasteiger partial charge in [0, 0.05) is 13.1 Å². The molecular weight excluding hydrogens is 294 g/mol. The fourth-order valence-corrected chi connectivity index (χ4v) is 2.59. The Bertz CT molecular complexity index is 673. The summed E-state index contributed by atoms with van der Waals surface area (Å²) in [6, 6.07) is -0.503. The third-order valence-electron chi connectivity index (χ3n) is 3.74. The normalized spacial score (nSPS) is 12.2. The van der Waals surface area contributed by atoms with Crippen molar-refractivity contribution in [2.75, 3.05) is 5.32 Å². The SMILES string of the molecule is CCCn1ncnc1C(C)NC(=O)Nc1c(C)nn(CC)c1C. The second-order valence-corrected chi connectivity index (χ2v) is 5.52. The van der Waals surface area contributed by atoms with Crippen LogP contribution in [-0.4, -0.2) is 30.6 Å². The van der Waals surface area contributed by atoms with E-state index >= 15 is 0 Å². The van der Waals surface area contributed by atoms with Gasteiger partial charge < -0.3 is 10.6 Å². The second kappa shape index (κ2) is 7.26. The van der Waals surface area contributed by atoms with Crippen LogP contribution in [0.4, 0.5) is 10.5 Å². The molecule has 0 aliphatic carbocycles. The lowest BCUT2D eigenvalue weighted by atomic mass is 10.3. The Kier molecular flexibility index (Phi) is 5.36. The summed E-state index contributed by atoms with van der Waals surface area (Å²) in [7, 11) is 0. The van der Waals surface area contributed by atoms with Crippen molar-refractivity contribution >= 4 is 11.7 Å². The minimum atomic E-state index is -0.273. The van der Waals surface area contributed by atoms with Gasteiger partial charge in [-0.15, -0.1) is 0 Å². The number of aromatic nitrogens is 5. The van der Waals surface area contributed by atoms with Crippen LogP contribution in [0.15, 0.2) is 6.33 Å². The van der Waals surface area contributed by atoms with Crippen LogP contribution in [0.25, 0.3) is 0 Å². The first-order valence-electron chi connectivity index (χ1n) is 7.97. The van der Waals surface area contributed by atoms with Crippen molar-refractivity contribution < 1.29 is 4.79 Å². The third kappa shape index (κ3) is 3.69. The van der Waals surface area contributed by atoms with E-state index in [2.05, 4.69) is 32.7 Å². The van der Waals surface area contributed by atoms with Gasteiger partial charge in [0.05, 0.1) is 23.1 Å². The van der Waals surface area contributed by atoms with Gasteiger partial charge in [0.1, 0.15) is 12.2 Å². The van der Waals surface area contributed by atoms with Crippen molar-refractivity contribution in [2.45, 2.75) is 60.2 Å². The van der Waals surface area contributed by atoms with Crippen LogP contribution in [0.2, 0.25) is 0 Å². The van der Waals surface area contributed by atoms with Crippen LogP contribution < -0.4 is 10.6 Å². The highest BCUT2D eigenvalue weighted by atomic mass is 16.2. The van der Waals surface area contributed by atoms with Crippen molar-refractivity contribution in [1.82, 2.24) is 29.9 Å². The molecule has 2 aromatic rings. The molecule has 0 radical (unpaired) electrons. The molecule has 8 heteroatoms. The number of nitrogens with zero attached hydrogens (tertiary/aromatic N) is 5. The maximum atomic E-state index is 12.3. The highest BCUT2D eigenvalue weighted by molar-refractivity contribution is 5.90. The average molecular weight is 319 g/mol. The van der Waals surface area contributed by atoms with E-state index in [0.717, 1.165) is 42.4 Å². The lowest BCUT2D eigenvalue weighted by Crippen LogP contribution is -2.33. The van der Waals surface area contributed by atoms with E-state index in [-0.39, 0.29) is 12.1 Å². The largest absolute Gasteiger partial charge is 0.328 e. The van der Waals surface area contributed by atoms with Crippen molar-refractivity contribution in [3.63, 3.8) is 0 Å². The maximum Gasteiger partial charge on any atom is 0.319 e. The summed E-state index contributed by atoms with van der Waals surface area (Å²) >= 11 is 0. The average Bonchev–Trinajstić information content (AvgIpc) is 3.07. The fraction of sp³-hybridized carbons (Fsp3) is 0.600. The van der Waals surface area contributed by atoms with Crippen LogP contribution in [0.1, 0.15) is 50.4 Å². The lowest BCUT2D eigenvalue weighted by molar-refractivity contribution is 0.248. The van der Waals surface area contributed by atoms with Crippen LogP contribution in [0, 0.1) is 13.8 Å². The molecular formula is C15H25N7O. The minimum Gasteiger partial charge on any atom is -0.328 e. The van der Waals surface area contributed by atoms with Crippen LogP contribution in [0.3, 0.4) is 0 Å². The molecule has 2 rings (SSSR count). The van der Waals surface area contributed by atoms with Crippen LogP contribution in [-0.2, 0) is 13.1 Å². The van der Waals surface area contributed by atoms with Gasteiger partial charge in [0.2, 0.25) is 0 Å². The molecule has 0 spiro atoms. The first-order chi connectivity index (χ1) is 11.0. The zero-order chi connectivity index (χ0) is 17.0. The number of carbonyl (C=O) groups excluding carboxylic acids is 1. The standard InChI is InChI=1S/C15H25N7O/c1-6-8-22-14(16-9-17-22)11(4)18-15(23)19-13-10(3)20-21(7-2)12(13)5/h9,11H,6-8H2,1-5H3,(H2,18,19,23). The van der Waals surface area contributed by atoms with Gasteiger partial charge in [-0.05, 0) is 34.1 Å². The molecule has 0 saturated carbocycles. The Morgan fingerprint density at radius 1 is 1.30 bits per heavy atom. The molecule has 2 heterocycles. The summed E-state index contributed by atoms with van der Waals surface area (Å²) in [4.78, 5) is 16.5. The van der Waals surface area contributed by atoms with Crippen molar-refractivity contribution in [2.24, 2.45) is 0 Å². The van der Waals surface area contributed by atoms with Gasteiger partial charge in [0.25, 0.3) is 0 Å². The predicted molar refractivity (Wildman–Crippen MR) is 88.3 cm³/mol. The van der Waals surface area contributed by atoms with Crippen molar-refractivity contribution in [1.29, 1.82) is 0 Å². The number of carbonyl (C=O) groups is 1. The molecule has 0 fully saturated rings. The molecule has 2 amide bonds. The second-order valence-electron chi connectivity index (χ2n) is 5.52. The Morgan fingerprint density at radius 3 is 2.65 bits per heavy atom. The predicted octanol–water partition coefficient (Wildman–Crippen LogP) is 2.40. The van der Waals surface area contributed by atoms with E-state index < -0.39 is 0 Å². The summed E-state index contributed by atoms with van der Waals surface area (Å²) in [5.74, 6) is 0.750. The Morgan fingerprint density at radius 2 is 2.04 bits per heavy atom. The molecule has 0 aliphatic heterocycles. The molecule has 2 N–H and O–H groups in total. The monoisotopic (exact) mass is 319 g/mol. The molecule has 23 heavy (non-hydrogen) atoms. The van der Waals surface area contributed by atoms with Crippen molar-refractivity contribution in [3.05, 3.63) is 23.5 Å². The molecule has 2 aromatic heterocycles. The van der Waals surface area contributed by atoms with Gasteiger partial charge in [-0.3, -0.25) is 4.68 Å². The Hall–Kier alpha value is -2.38. The number of amides is 2. The van der Waals surface area contributed by atoms with Gasteiger partial charge in [-0.1, -0.05) is 6.92 Å². The topological polar surface area (TPSA) is 89.7 Å². The number of nitrogens with one attached hydrogen (secondary N) is 2. The van der Waals surface area contributed by atoms with E-state index in [9.17, 15) is 4.79 Å². The summed E-state index contributed by atoms with van der Waals surface area (Å²) in [6.07, 6.45) is 2.48. The summed E-state index contributed by atoms with van der Waals surface area (Å²) in [5.41, 5.74) is 2.51. The minimum absolute atomic E-state index is 0.231. The molecule has 0 aliphatic rings. The van der Waals surface area contributed by atoms with E-state index in [1.807, 2.05) is 37.1 Å². The number of aryl methyl sites for hydroxylation is 3. The molecule has 1 atom stereocenters. The molecule has 0 aromatic carbocycles. The van der Waals surface area contributed by atoms with Gasteiger partial charge >= 0.3 is 6.03 Å². The van der Waals surface area contributed by atoms with Gasteiger partial charge in [-0.25, -0.2) is 14.5 Å². The summed E-state index contributed by atoms with van der Waals surface area (Å²) < 4.78 is 3.68. The molecule has 0 saturated heterocycles. The smallest absolute Gasteiger partial charge is 0.319 e. The number of urea groups is 1. The van der Waals surface area contributed by atoms with E-state index in [1.165, 1.54) is 6.33 Å². The fourth-order valence-electron chi connectivity index (χ4n) is 2.59. The quantitative estimate of drug-likeness (QED) is 0.855. The summed E-state index contributed by atoms with van der Waals surface area (Å²) in [5, 5.41) is 14.4. The molecule has 0 bridgehead atoms. The van der Waals surface area contributed by atoms with Crippen LogP contribution >= 0.6 is 0 Å². The van der Waals surface area contributed by atoms with E-state index in [1.54, 1.807) is 0 Å². The van der Waals surface area contributed by atoms with Crippen molar-refractivity contribution in [3.8, 4) is 0 Å².